The Morgan fingerprint density at radius 2 is 1.46 bits per heavy atom. The first-order valence-electron chi connectivity index (χ1n) is 7.51. The van der Waals surface area contributed by atoms with E-state index >= 15 is 0 Å². The summed E-state index contributed by atoms with van der Waals surface area (Å²) in [4.78, 5) is 12.2. The second-order valence-electron chi connectivity index (χ2n) is 7.74. The zero-order valence-corrected chi connectivity index (χ0v) is 15.6. The van der Waals surface area contributed by atoms with Gasteiger partial charge in [0, 0.05) is 10.2 Å². The van der Waals surface area contributed by atoms with Gasteiger partial charge in [0.05, 0.1) is 21.0 Å². The summed E-state index contributed by atoms with van der Waals surface area (Å²) in [5.41, 5.74) is -1.08. The quantitative estimate of drug-likeness (QED) is 0.738. The summed E-state index contributed by atoms with van der Waals surface area (Å²) in [5.74, 6) is -0.550. The summed E-state index contributed by atoms with van der Waals surface area (Å²) in [5, 5.41) is 0. The molecule has 0 fully saturated rings. The molecule has 24 heavy (non-hydrogen) atoms. The lowest BCUT2D eigenvalue weighted by atomic mass is 9.96. The van der Waals surface area contributed by atoms with Crippen molar-refractivity contribution >= 4 is 15.6 Å². The van der Waals surface area contributed by atoms with Gasteiger partial charge in [-0.3, -0.25) is 4.79 Å². The maximum atomic E-state index is 13.3. The number of hydrogen-bond acceptors (Lipinski definition) is 2. The smallest absolute Gasteiger partial charge is 0.271 e. The fourth-order valence-electron chi connectivity index (χ4n) is 1.67. The average molecular weight is 363 g/mol. The summed E-state index contributed by atoms with van der Waals surface area (Å²) in [6.45, 7) is 10.2. The molecular formula is C17H24F3NO2S. The first kappa shape index (κ1) is 20.7. The molecule has 0 saturated carbocycles. The van der Waals surface area contributed by atoms with Gasteiger partial charge in [-0.25, -0.2) is 4.21 Å². The van der Waals surface area contributed by atoms with Gasteiger partial charge in [-0.15, -0.1) is 0 Å². The second-order valence-corrected chi connectivity index (χ2v) is 10.7. The Balaban J connectivity index is 3.29. The first-order valence-corrected chi connectivity index (χ1v) is 9.20. The molecular weight excluding hydrogens is 339 g/mol. The highest BCUT2D eigenvalue weighted by Crippen LogP contribution is 2.31. The fraction of sp³-hybridized carbons (Fsp3) is 0.588. The number of alkyl halides is 3. The SMILES string of the molecule is CC(C)(C)C(=O)N=[S@@](=O)(Cc1ccc(C(F)(F)F)cc1)C(C)(C)C. The lowest BCUT2D eigenvalue weighted by Crippen LogP contribution is -2.32. The highest BCUT2D eigenvalue weighted by atomic mass is 32.2. The van der Waals surface area contributed by atoms with E-state index in [0.29, 0.717) is 5.56 Å². The van der Waals surface area contributed by atoms with Crippen LogP contribution in [0.4, 0.5) is 13.2 Å². The van der Waals surface area contributed by atoms with Crippen molar-refractivity contribution in [1.82, 2.24) is 0 Å². The van der Waals surface area contributed by atoms with Gasteiger partial charge >= 0.3 is 6.18 Å². The number of carbonyl (C=O) groups is 1. The molecule has 0 radical (unpaired) electrons. The molecule has 1 atom stereocenters. The van der Waals surface area contributed by atoms with E-state index in [2.05, 4.69) is 4.36 Å². The van der Waals surface area contributed by atoms with Crippen LogP contribution in [-0.2, 0) is 26.5 Å². The van der Waals surface area contributed by atoms with Gasteiger partial charge in [0.15, 0.2) is 0 Å². The summed E-state index contributed by atoms with van der Waals surface area (Å²) in [6, 6.07) is 4.46. The topological polar surface area (TPSA) is 46.5 Å². The van der Waals surface area contributed by atoms with Crippen molar-refractivity contribution in [1.29, 1.82) is 0 Å². The van der Waals surface area contributed by atoms with Crippen LogP contribution in [0, 0.1) is 5.41 Å². The summed E-state index contributed by atoms with van der Waals surface area (Å²) < 4.78 is 54.4. The van der Waals surface area contributed by atoms with Crippen LogP contribution in [0.2, 0.25) is 0 Å². The van der Waals surface area contributed by atoms with Crippen LogP contribution in [0.5, 0.6) is 0 Å². The van der Waals surface area contributed by atoms with E-state index in [4.69, 9.17) is 0 Å². The van der Waals surface area contributed by atoms with Crippen molar-refractivity contribution in [3.8, 4) is 0 Å². The minimum atomic E-state index is -4.42. The Morgan fingerprint density at radius 3 is 1.79 bits per heavy atom. The molecule has 0 aliphatic rings. The lowest BCUT2D eigenvalue weighted by molar-refractivity contribution is -0.137. The second kappa shape index (κ2) is 6.50. The van der Waals surface area contributed by atoms with Crippen LogP contribution in [-0.4, -0.2) is 14.9 Å². The van der Waals surface area contributed by atoms with Crippen LogP contribution in [0.15, 0.2) is 28.6 Å². The third-order valence-electron chi connectivity index (χ3n) is 3.47. The Kier molecular flexibility index (Phi) is 5.60. The number of nitrogens with zero attached hydrogens (tertiary/aromatic N) is 1. The molecule has 7 heteroatoms. The molecule has 0 saturated heterocycles. The third-order valence-corrected chi connectivity index (χ3v) is 6.57. The molecule has 136 valence electrons. The number of carbonyl (C=O) groups excluding carboxylic acids is 1. The van der Waals surface area contributed by atoms with Gasteiger partial charge in [0.25, 0.3) is 5.91 Å². The Hall–Kier alpha value is -1.37. The molecule has 1 aromatic rings. The summed E-state index contributed by atoms with van der Waals surface area (Å²) in [7, 11) is -2.99. The monoisotopic (exact) mass is 363 g/mol. The summed E-state index contributed by atoms with van der Waals surface area (Å²) >= 11 is 0. The van der Waals surface area contributed by atoms with Gasteiger partial charge in [-0.05, 0) is 38.5 Å². The minimum absolute atomic E-state index is 0.0730. The van der Waals surface area contributed by atoms with Crippen molar-refractivity contribution < 1.29 is 22.2 Å². The van der Waals surface area contributed by atoms with Gasteiger partial charge < -0.3 is 0 Å². The van der Waals surface area contributed by atoms with Crippen LogP contribution in [0.1, 0.15) is 52.7 Å². The van der Waals surface area contributed by atoms with Crippen molar-refractivity contribution in [3.05, 3.63) is 35.4 Å². The molecule has 0 heterocycles. The van der Waals surface area contributed by atoms with E-state index in [-0.39, 0.29) is 5.75 Å². The Morgan fingerprint density at radius 1 is 1.00 bits per heavy atom. The normalized spacial score (nSPS) is 15.7. The average Bonchev–Trinajstić information content (AvgIpc) is 2.35. The van der Waals surface area contributed by atoms with Gasteiger partial charge in [0.1, 0.15) is 0 Å². The van der Waals surface area contributed by atoms with Crippen molar-refractivity contribution in [2.45, 2.75) is 58.2 Å². The van der Waals surface area contributed by atoms with E-state index in [0.717, 1.165) is 12.1 Å². The standard InChI is InChI=1S/C17H24F3NO2S/c1-15(2,3)14(22)21-24(23,16(4,5)6)11-12-7-9-13(10-8-12)17(18,19)20/h7-10H,11H2,1-6H3/t24-/m1/s1. The number of rotatable bonds is 2. The molecule has 1 amide bonds. The number of amides is 1. The van der Waals surface area contributed by atoms with E-state index < -0.39 is 37.5 Å². The Bertz CT molecular complexity index is 714. The highest BCUT2D eigenvalue weighted by molar-refractivity contribution is 7.94. The number of hydrogen-bond donors (Lipinski definition) is 0. The molecule has 0 aliphatic heterocycles. The molecule has 0 N–H and O–H groups in total. The number of halogens is 3. The third kappa shape index (κ3) is 5.06. The van der Waals surface area contributed by atoms with E-state index in [1.54, 1.807) is 41.5 Å². The molecule has 0 aliphatic carbocycles. The molecule has 0 spiro atoms. The predicted octanol–water partition coefficient (Wildman–Crippen LogP) is 5.04. The molecule has 3 nitrogen and oxygen atoms in total. The van der Waals surface area contributed by atoms with E-state index in [1.165, 1.54) is 12.1 Å². The summed E-state index contributed by atoms with van der Waals surface area (Å²) in [6.07, 6.45) is -4.42. The van der Waals surface area contributed by atoms with Crippen LogP contribution in [0.25, 0.3) is 0 Å². The van der Waals surface area contributed by atoms with Crippen molar-refractivity contribution in [3.63, 3.8) is 0 Å². The molecule has 0 unspecified atom stereocenters. The predicted molar refractivity (Wildman–Crippen MR) is 89.9 cm³/mol. The molecule has 0 aromatic heterocycles. The number of benzene rings is 1. The first-order chi connectivity index (χ1) is 10.6. The van der Waals surface area contributed by atoms with Crippen molar-refractivity contribution in [2.24, 2.45) is 9.78 Å². The lowest BCUT2D eigenvalue weighted by Gasteiger charge is -2.26. The van der Waals surface area contributed by atoms with Gasteiger partial charge in [-0.2, -0.15) is 17.5 Å². The zero-order valence-electron chi connectivity index (χ0n) is 14.8. The van der Waals surface area contributed by atoms with E-state index in [1.807, 2.05) is 0 Å². The van der Waals surface area contributed by atoms with E-state index in [9.17, 15) is 22.2 Å². The highest BCUT2D eigenvalue weighted by Gasteiger charge is 2.33. The van der Waals surface area contributed by atoms with Crippen LogP contribution < -0.4 is 0 Å². The maximum Gasteiger partial charge on any atom is 0.416 e. The molecule has 1 aromatic carbocycles. The van der Waals surface area contributed by atoms with Gasteiger partial charge in [0.2, 0.25) is 0 Å². The Labute approximate surface area is 141 Å². The minimum Gasteiger partial charge on any atom is -0.271 e. The largest absolute Gasteiger partial charge is 0.416 e. The molecule has 1 rings (SSSR count). The maximum absolute atomic E-state index is 13.3. The zero-order chi connectivity index (χ0) is 19.0. The van der Waals surface area contributed by atoms with Crippen LogP contribution >= 0.6 is 0 Å². The molecule has 0 bridgehead atoms. The fourth-order valence-corrected chi connectivity index (χ4v) is 3.63. The van der Waals surface area contributed by atoms with Crippen LogP contribution in [0.3, 0.4) is 0 Å². The van der Waals surface area contributed by atoms with Gasteiger partial charge in [-0.1, -0.05) is 32.9 Å². The van der Waals surface area contributed by atoms with Crippen molar-refractivity contribution in [2.75, 3.05) is 0 Å².